The first-order valence-electron chi connectivity index (χ1n) is 12.5. The van der Waals surface area contributed by atoms with Crippen LogP contribution in [0.15, 0.2) is 77.7 Å². The largest absolute Gasteiger partial charge is 0.357 e. The third kappa shape index (κ3) is 4.82. The summed E-state index contributed by atoms with van der Waals surface area (Å²) in [6.07, 6.45) is 1.77. The van der Waals surface area contributed by atoms with Gasteiger partial charge in [0.25, 0.3) is 11.4 Å². The zero-order valence-electron chi connectivity index (χ0n) is 21.0. The van der Waals surface area contributed by atoms with Crippen molar-refractivity contribution in [3.8, 4) is 0 Å². The Balaban J connectivity index is 1.74. The zero-order valence-corrected chi connectivity index (χ0v) is 21.8. The molecular formula is C28H33N3O4S. The Hall–Kier alpha value is -3.39. The van der Waals surface area contributed by atoms with Crippen LogP contribution in [0.2, 0.25) is 0 Å². The molecule has 0 spiro atoms. The fourth-order valence-corrected chi connectivity index (χ4v) is 8.42. The number of nitro groups is 2. The van der Waals surface area contributed by atoms with Gasteiger partial charge in [-0.3, -0.25) is 20.2 Å². The minimum Gasteiger partial charge on any atom is -0.357 e. The second kappa shape index (κ2) is 10.7. The van der Waals surface area contributed by atoms with E-state index >= 15 is 0 Å². The summed E-state index contributed by atoms with van der Waals surface area (Å²) in [6.45, 7) is 6.85. The van der Waals surface area contributed by atoms with Crippen molar-refractivity contribution in [3.63, 3.8) is 0 Å². The van der Waals surface area contributed by atoms with E-state index in [0.29, 0.717) is 0 Å². The van der Waals surface area contributed by atoms with Gasteiger partial charge in [-0.25, -0.2) is 10.0 Å². The van der Waals surface area contributed by atoms with Gasteiger partial charge in [0.2, 0.25) is 0 Å². The van der Waals surface area contributed by atoms with Crippen LogP contribution in [0.25, 0.3) is 0 Å². The quantitative estimate of drug-likeness (QED) is 0.218. The normalized spacial score (nSPS) is 18.2. The lowest BCUT2D eigenvalue weighted by molar-refractivity contribution is -0.385. The van der Waals surface area contributed by atoms with Crippen molar-refractivity contribution in [2.75, 3.05) is 22.2 Å². The molecule has 0 bridgehead atoms. The van der Waals surface area contributed by atoms with E-state index in [1.807, 2.05) is 24.3 Å². The van der Waals surface area contributed by atoms with Gasteiger partial charge in [0, 0.05) is 30.0 Å². The highest BCUT2D eigenvalue weighted by Crippen LogP contribution is 2.55. The van der Waals surface area contributed by atoms with E-state index in [4.69, 9.17) is 0 Å². The van der Waals surface area contributed by atoms with Crippen LogP contribution < -0.4 is 4.90 Å². The summed E-state index contributed by atoms with van der Waals surface area (Å²) in [4.78, 5) is 25.4. The molecule has 36 heavy (non-hydrogen) atoms. The third-order valence-corrected chi connectivity index (χ3v) is 12.2. The molecule has 4 rings (SSSR count). The molecule has 8 heteroatoms. The average molecular weight is 508 g/mol. The first kappa shape index (κ1) is 25.7. The Morgan fingerprint density at radius 3 is 1.42 bits per heavy atom. The molecule has 0 radical (unpaired) electrons. The molecule has 2 atom stereocenters. The number of hydrogen-bond donors (Lipinski definition) is 0. The van der Waals surface area contributed by atoms with E-state index in [1.54, 1.807) is 24.3 Å². The van der Waals surface area contributed by atoms with Gasteiger partial charge in [0.1, 0.15) is 0 Å². The van der Waals surface area contributed by atoms with E-state index < -0.39 is 10.0 Å². The molecule has 0 saturated carbocycles. The summed E-state index contributed by atoms with van der Waals surface area (Å²) >= 11 is 0. The summed E-state index contributed by atoms with van der Waals surface area (Å²) < 4.78 is 0. The van der Waals surface area contributed by atoms with Gasteiger partial charge < -0.3 is 4.90 Å². The Labute approximate surface area is 213 Å². The van der Waals surface area contributed by atoms with Crippen molar-refractivity contribution in [1.82, 2.24) is 0 Å². The van der Waals surface area contributed by atoms with Gasteiger partial charge in [-0.05, 0) is 70.4 Å². The lowest BCUT2D eigenvalue weighted by Gasteiger charge is -2.39. The lowest BCUT2D eigenvalue weighted by Crippen LogP contribution is -2.26. The standard InChI is InChI=1S/C28H33N3O4S/c1-4-36(5-2,6-3)26-17-15-23(16-18-26)29-27(21-7-11-24(12-8-21)30(32)33)19-20-28(29)22-9-13-25(14-10-22)31(34)35/h7-18,27-28H,4-6,19-20H2,1-3H3/t27-,28-/m0/s1. The van der Waals surface area contributed by atoms with Crippen LogP contribution in [0.3, 0.4) is 0 Å². The topological polar surface area (TPSA) is 89.5 Å². The highest BCUT2D eigenvalue weighted by Gasteiger charge is 2.36. The van der Waals surface area contributed by atoms with Crippen LogP contribution >= 0.6 is 10.0 Å². The Morgan fingerprint density at radius 1 is 0.694 bits per heavy atom. The summed E-state index contributed by atoms with van der Waals surface area (Å²) in [7, 11) is -0.833. The highest BCUT2D eigenvalue weighted by molar-refractivity contribution is 8.33. The zero-order chi connectivity index (χ0) is 25.9. The lowest BCUT2D eigenvalue weighted by atomic mass is 10.0. The molecule has 0 N–H and O–H groups in total. The number of benzene rings is 3. The van der Waals surface area contributed by atoms with Gasteiger partial charge in [-0.15, -0.1) is 0 Å². The number of anilines is 1. The maximum absolute atomic E-state index is 11.2. The summed E-state index contributed by atoms with van der Waals surface area (Å²) in [6, 6.07) is 22.7. The van der Waals surface area contributed by atoms with Crippen LogP contribution in [-0.2, 0) is 0 Å². The van der Waals surface area contributed by atoms with Crippen molar-refractivity contribution in [2.45, 2.75) is 50.6 Å². The van der Waals surface area contributed by atoms with Gasteiger partial charge >= 0.3 is 0 Å². The van der Waals surface area contributed by atoms with E-state index in [2.05, 4.69) is 49.9 Å². The van der Waals surface area contributed by atoms with Crippen LogP contribution in [0.5, 0.6) is 0 Å². The van der Waals surface area contributed by atoms with E-state index in [-0.39, 0.29) is 33.3 Å². The molecule has 1 aliphatic rings. The Bertz CT molecular complexity index is 1140. The van der Waals surface area contributed by atoms with Crippen molar-refractivity contribution in [1.29, 1.82) is 0 Å². The van der Waals surface area contributed by atoms with Crippen LogP contribution in [-0.4, -0.2) is 27.1 Å². The average Bonchev–Trinajstić information content (AvgIpc) is 3.36. The van der Waals surface area contributed by atoms with E-state index in [1.165, 1.54) is 22.2 Å². The number of non-ortho nitro benzene ring substituents is 2. The van der Waals surface area contributed by atoms with Crippen LogP contribution in [0.1, 0.15) is 56.8 Å². The van der Waals surface area contributed by atoms with Crippen molar-refractivity contribution < 1.29 is 9.85 Å². The van der Waals surface area contributed by atoms with Crippen molar-refractivity contribution >= 4 is 27.1 Å². The number of nitrogens with zero attached hydrogens (tertiary/aromatic N) is 3. The molecule has 1 fully saturated rings. The molecule has 0 unspecified atom stereocenters. The van der Waals surface area contributed by atoms with Gasteiger partial charge in [0.05, 0.1) is 21.9 Å². The predicted molar refractivity (Wildman–Crippen MR) is 147 cm³/mol. The second-order valence-electron chi connectivity index (χ2n) is 9.12. The molecule has 3 aromatic rings. The monoisotopic (exact) mass is 507 g/mol. The van der Waals surface area contributed by atoms with E-state index in [0.717, 1.165) is 29.7 Å². The molecule has 1 aliphatic heterocycles. The van der Waals surface area contributed by atoms with Gasteiger partial charge in [-0.2, -0.15) is 0 Å². The molecule has 0 amide bonds. The minimum absolute atomic E-state index is 0.0532. The molecule has 190 valence electrons. The molecule has 0 aromatic heterocycles. The SMILES string of the molecule is CCS(CC)(CC)c1ccc(N2[C@H](c3ccc([N+](=O)[O-])cc3)CC[C@H]2c2ccc([N+](=O)[O-])cc2)cc1. The molecule has 3 aromatic carbocycles. The molecule has 0 aliphatic carbocycles. The first-order valence-corrected chi connectivity index (χ1v) is 14.6. The van der Waals surface area contributed by atoms with Crippen molar-refractivity contribution in [2.24, 2.45) is 0 Å². The predicted octanol–water partition coefficient (Wildman–Crippen LogP) is 7.81. The Morgan fingerprint density at radius 2 is 1.08 bits per heavy atom. The molecule has 1 saturated heterocycles. The van der Waals surface area contributed by atoms with Crippen molar-refractivity contribution in [3.05, 3.63) is 104 Å². The maximum atomic E-state index is 11.2. The Kier molecular flexibility index (Phi) is 7.64. The van der Waals surface area contributed by atoms with E-state index in [9.17, 15) is 20.2 Å². The first-order chi connectivity index (χ1) is 17.3. The number of nitro benzene ring substituents is 2. The molecule has 7 nitrogen and oxygen atoms in total. The molecular weight excluding hydrogens is 474 g/mol. The number of rotatable bonds is 9. The summed E-state index contributed by atoms with van der Waals surface area (Å²) in [5, 5.41) is 22.3. The van der Waals surface area contributed by atoms with Gasteiger partial charge in [-0.1, -0.05) is 45.0 Å². The summed E-state index contributed by atoms with van der Waals surface area (Å²) in [5.74, 6) is 3.50. The van der Waals surface area contributed by atoms with Crippen LogP contribution in [0.4, 0.5) is 17.1 Å². The van der Waals surface area contributed by atoms with Gasteiger partial charge in [0.15, 0.2) is 0 Å². The fraction of sp³-hybridized carbons (Fsp3) is 0.357. The maximum Gasteiger partial charge on any atom is 0.269 e. The number of hydrogen-bond acceptors (Lipinski definition) is 5. The third-order valence-electron chi connectivity index (χ3n) is 7.66. The smallest absolute Gasteiger partial charge is 0.269 e. The minimum atomic E-state index is -0.833. The van der Waals surface area contributed by atoms with Crippen LogP contribution in [0, 0.1) is 20.2 Å². The fourth-order valence-electron chi connectivity index (χ4n) is 5.48. The highest BCUT2D eigenvalue weighted by atomic mass is 32.3. The second-order valence-corrected chi connectivity index (χ2v) is 13.4. The summed E-state index contributed by atoms with van der Waals surface area (Å²) in [5.41, 5.74) is 3.32. The molecule has 1 heterocycles.